The second-order valence-electron chi connectivity index (χ2n) is 6.98. The van der Waals surface area contributed by atoms with Gasteiger partial charge in [0.1, 0.15) is 18.5 Å². The maximum Gasteiger partial charge on any atom is 0.408 e. The van der Waals surface area contributed by atoms with E-state index in [2.05, 4.69) is 10.6 Å². The van der Waals surface area contributed by atoms with Crippen LogP contribution in [-0.4, -0.2) is 36.7 Å². The summed E-state index contributed by atoms with van der Waals surface area (Å²) in [5.41, 5.74) is 0.113. The SMILES string of the molecule is CC(C)(C)OC(=O)N[C@H](C=O)CCCCNC(=O)OCc1ccccc1Cl. The van der Waals surface area contributed by atoms with Crippen molar-refractivity contribution in [3.63, 3.8) is 0 Å². The molecule has 0 aromatic heterocycles. The summed E-state index contributed by atoms with van der Waals surface area (Å²) < 4.78 is 10.2. The Balaban J connectivity index is 2.17. The highest BCUT2D eigenvalue weighted by molar-refractivity contribution is 6.31. The highest BCUT2D eigenvalue weighted by Crippen LogP contribution is 2.15. The van der Waals surface area contributed by atoms with Crippen LogP contribution in [0.1, 0.15) is 45.6 Å². The topological polar surface area (TPSA) is 93.7 Å². The van der Waals surface area contributed by atoms with Crippen molar-refractivity contribution in [2.75, 3.05) is 6.54 Å². The molecule has 1 aromatic carbocycles. The van der Waals surface area contributed by atoms with Gasteiger partial charge in [-0.25, -0.2) is 9.59 Å². The summed E-state index contributed by atoms with van der Waals surface area (Å²) in [6.07, 6.45) is 1.26. The molecule has 0 saturated carbocycles. The lowest BCUT2D eigenvalue weighted by molar-refractivity contribution is -0.109. The largest absolute Gasteiger partial charge is 0.445 e. The van der Waals surface area contributed by atoms with Crippen LogP contribution in [0.5, 0.6) is 0 Å². The average molecular weight is 399 g/mol. The summed E-state index contributed by atoms with van der Waals surface area (Å²) in [4.78, 5) is 34.4. The van der Waals surface area contributed by atoms with Crippen molar-refractivity contribution in [3.8, 4) is 0 Å². The lowest BCUT2D eigenvalue weighted by Crippen LogP contribution is -2.40. The van der Waals surface area contributed by atoms with Gasteiger partial charge in [-0.05, 0) is 46.1 Å². The Bertz CT molecular complexity index is 631. The molecule has 0 radical (unpaired) electrons. The zero-order chi connectivity index (χ0) is 20.3. The number of carbonyl (C=O) groups excluding carboxylic acids is 3. The minimum absolute atomic E-state index is 0.0958. The van der Waals surface area contributed by atoms with Gasteiger partial charge in [0.05, 0.1) is 6.04 Å². The van der Waals surface area contributed by atoms with E-state index in [4.69, 9.17) is 21.1 Å². The van der Waals surface area contributed by atoms with Crippen LogP contribution >= 0.6 is 11.6 Å². The molecule has 0 fully saturated rings. The van der Waals surface area contributed by atoms with E-state index < -0.39 is 23.8 Å². The number of ether oxygens (including phenoxy) is 2. The summed E-state index contributed by atoms with van der Waals surface area (Å²) in [5.74, 6) is 0. The van der Waals surface area contributed by atoms with Crippen LogP contribution in [0.15, 0.2) is 24.3 Å². The summed E-state index contributed by atoms with van der Waals surface area (Å²) in [7, 11) is 0. The molecule has 7 nitrogen and oxygen atoms in total. The number of carbonyl (C=O) groups is 3. The molecule has 0 aliphatic heterocycles. The minimum Gasteiger partial charge on any atom is -0.445 e. The second-order valence-corrected chi connectivity index (χ2v) is 7.39. The fraction of sp³-hybridized carbons (Fsp3) is 0.526. The second kappa shape index (κ2) is 11.4. The van der Waals surface area contributed by atoms with Crippen molar-refractivity contribution in [1.82, 2.24) is 10.6 Å². The molecular formula is C19H27ClN2O5. The van der Waals surface area contributed by atoms with Crippen LogP contribution in [0, 0.1) is 0 Å². The molecule has 1 aromatic rings. The number of amides is 2. The average Bonchev–Trinajstić information content (AvgIpc) is 2.58. The summed E-state index contributed by atoms with van der Waals surface area (Å²) in [6, 6.07) is 6.51. The maximum absolute atomic E-state index is 11.7. The van der Waals surface area contributed by atoms with Crippen LogP contribution in [0.4, 0.5) is 9.59 Å². The third-order valence-corrected chi connectivity index (χ3v) is 3.76. The van der Waals surface area contributed by atoms with E-state index >= 15 is 0 Å². The lowest BCUT2D eigenvalue weighted by Gasteiger charge is -2.21. The van der Waals surface area contributed by atoms with Gasteiger partial charge in [0, 0.05) is 17.1 Å². The standard InChI is InChI=1S/C19H27ClN2O5/c1-19(2,3)27-18(25)22-15(12-23)9-6-7-11-21-17(24)26-13-14-8-4-5-10-16(14)20/h4-5,8,10,12,15H,6-7,9,11,13H2,1-3H3,(H,21,24)(H,22,25)/t15-/m0/s1. The van der Waals surface area contributed by atoms with Gasteiger partial charge in [0.2, 0.25) is 0 Å². The number of hydrogen-bond acceptors (Lipinski definition) is 5. The normalized spacial score (nSPS) is 12.0. The third-order valence-electron chi connectivity index (χ3n) is 3.39. The van der Waals surface area contributed by atoms with Gasteiger partial charge in [-0.15, -0.1) is 0 Å². The number of alkyl carbamates (subject to hydrolysis) is 2. The smallest absolute Gasteiger partial charge is 0.408 e. The zero-order valence-corrected chi connectivity index (χ0v) is 16.7. The van der Waals surface area contributed by atoms with E-state index in [1.807, 2.05) is 6.07 Å². The van der Waals surface area contributed by atoms with Gasteiger partial charge in [-0.3, -0.25) is 0 Å². The molecular weight excluding hydrogens is 372 g/mol. The van der Waals surface area contributed by atoms with Gasteiger partial charge in [-0.2, -0.15) is 0 Å². The van der Waals surface area contributed by atoms with Crippen molar-refractivity contribution in [3.05, 3.63) is 34.9 Å². The number of hydrogen-bond donors (Lipinski definition) is 2. The van der Waals surface area contributed by atoms with Gasteiger partial charge in [0.25, 0.3) is 0 Å². The number of halogens is 1. The number of nitrogens with one attached hydrogen (secondary N) is 2. The Hall–Kier alpha value is -2.28. The van der Waals surface area contributed by atoms with E-state index in [-0.39, 0.29) is 6.61 Å². The fourth-order valence-corrected chi connectivity index (χ4v) is 2.31. The van der Waals surface area contributed by atoms with Crippen LogP contribution in [0.25, 0.3) is 0 Å². The zero-order valence-electron chi connectivity index (χ0n) is 15.9. The summed E-state index contributed by atoms with van der Waals surface area (Å²) in [5, 5.41) is 5.69. The quantitative estimate of drug-likeness (QED) is 0.487. The predicted octanol–water partition coefficient (Wildman–Crippen LogP) is 3.83. The molecule has 150 valence electrons. The molecule has 2 amide bonds. The van der Waals surface area contributed by atoms with Crippen molar-refractivity contribution in [2.45, 2.75) is 58.3 Å². The first-order valence-corrected chi connectivity index (χ1v) is 9.18. The molecule has 1 atom stereocenters. The van der Waals surface area contributed by atoms with Crippen molar-refractivity contribution in [2.24, 2.45) is 0 Å². The molecule has 0 spiro atoms. The van der Waals surface area contributed by atoms with Crippen LogP contribution in [0.2, 0.25) is 5.02 Å². The fourth-order valence-electron chi connectivity index (χ4n) is 2.12. The van der Waals surface area contributed by atoms with Gasteiger partial charge in [0.15, 0.2) is 0 Å². The van der Waals surface area contributed by atoms with Crippen molar-refractivity contribution >= 4 is 30.1 Å². The monoisotopic (exact) mass is 398 g/mol. The van der Waals surface area contributed by atoms with E-state index in [1.165, 1.54) is 0 Å². The van der Waals surface area contributed by atoms with Crippen molar-refractivity contribution in [1.29, 1.82) is 0 Å². The van der Waals surface area contributed by atoms with Gasteiger partial charge < -0.3 is 24.9 Å². The molecule has 1 rings (SSSR count). The van der Waals surface area contributed by atoms with E-state index in [0.717, 1.165) is 5.56 Å². The highest BCUT2D eigenvalue weighted by atomic mass is 35.5. The van der Waals surface area contributed by atoms with Crippen LogP contribution < -0.4 is 10.6 Å². The van der Waals surface area contributed by atoms with Crippen molar-refractivity contribution < 1.29 is 23.9 Å². The number of rotatable bonds is 9. The molecule has 0 bridgehead atoms. The summed E-state index contributed by atoms with van der Waals surface area (Å²) >= 11 is 5.99. The molecule has 0 aliphatic rings. The number of unbranched alkanes of at least 4 members (excludes halogenated alkanes) is 1. The lowest BCUT2D eigenvalue weighted by atomic mass is 10.1. The predicted molar refractivity (Wildman–Crippen MR) is 103 cm³/mol. The summed E-state index contributed by atoms with van der Waals surface area (Å²) in [6.45, 7) is 5.74. The van der Waals surface area contributed by atoms with Gasteiger partial charge >= 0.3 is 12.2 Å². The Kier molecular flexibility index (Phi) is 9.64. The molecule has 0 unspecified atom stereocenters. The Labute approximate surface area is 164 Å². The Morgan fingerprint density at radius 1 is 1.19 bits per heavy atom. The van der Waals surface area contributed by atoms with Crippen LogP contribution in [-0.2, 0) is 20.9 Å². The first kappa shape index (κ1) is 22.8. The molecule has 0 aliphatic carbocycles. The first-order chi connectivity index (χ1) is 12.7. The molecule has 0 heterocycles. The Morgan fingerprint density at radius 2 is 1.89 bits per heavy atom. The molecule has 2 N–H and O–H groups in total. The number of aldehydes is 1. The van der Waals surface area contributed by atoms with E-state index in [0.29, 0.717) is 37.1 Å². The van der Waals surface area contributed by atoms with E-state index in [1.54, 1.807) is 39.0 Å². The first-order valence-electron chi connectivity index (χ1n) is 8.80. The highest BCUT2D eigenvalue weighted by Gasteiger charge is 2.19. The molecule has 8 heteroatoms. The van der Waals surface area contributed by atoms with Crippen LogP contribution in [0.3, 0.4) is 0 Å². The van der Waals surface area contributed by atoms with E-state index in [9.17, 15) is 14.4 Å². The Morgan fingerprint density at radius 3 is 2.52 bits per heavy atom. The number of benzene rings is 1. The van der Waals surface area contributed by atoms with Gasteiger partial charge in [-0.1, -0.05) is 29.8 Å². The molecule has 27 heavy (non-hydrogen) atoms. The maximum atomic E-state index is 11.7. The molecule has 0 saturated heterocycles. The third kappa shape index (κ3) is 10.5. The minimum atomic E-state index is -0.624.